The summed E-state index contributed by atoms with van der Waals surface area (Å²) in [4.78, 5) is 11.3. The highest BCUT2D eigenvalue weighted by molar-refractivity contribution is 5.93. The van der Waals surface area contributed by atoms with Crippen LogP contribution in [0.1, 0.15) is 38.5 Å². The number of aliphatic hydroxyl groups is 2. The molecule has 0 saturated heterocycles. The van der Waals surface area contributed by atoms with Gasteiger partial charge < -0.3 is 15.9 Å². The Labute approximate surface area is 96.1 Å². The average Bonchev–Trinajstić information content (AvgIpc) is 2.16. The van der Waals surface area contributed by atoms with Crippen LogP contribution in [0, 0.1) is 6.42 Å². The predicted molar refractivity (Wildman–Crippen MR) is 61.3 cm³/mol. The zero-order valence-electron chi connectivity index (χ0n) is 9.48. The molecule has 1 aliphatic carbocycles. The van der Waals surface area contributed by atoms with Crippen molar-refractivity contribution in [1.29, 1.82) is 0 Å². The van der Waals surface area contributed by atoms with Gasteiger partial charge in [-0.3, -0.25) is 4.79 Å². The quantitative estimate of drug-likeness (QED) is 0.659. The van der Waals surface area contributed by atoms with Crippen LogP contribution in [0.4, 0.5) is 0 Å². The van der Waals surface area contributed by atoms with E-state index < -0.39 is 12.0 Å². The van der Waals surface area contributed by atoms with Gasteiger partial charge in [0.25, 0.3) is 0 Å². The topological polar surface area (TPSA) is 83.6 Å². The number of nitrogens with two attached hydrogens (primary N) is 1. The summed E-state index contributed by atoms with van der Waals surface area (Å²) >= 11 is 0. The normalized spacial score (nSPS) is 24.6. The lowest BCUT2D eigenvalue weighted by Crippen LogP contribution is -2.23. The van der Waals surface area contributed by atoms with Gasteiger partial charge in [-0.25, -0.2) is 0 Å². The minimum atomic E-state index is -0.842. The maximum atomic E-state index is 11.3. The van der Waals surface area contributed by atoms with Crippen molar-refractivity contribution in [2.24, 2.45) is 5.73 Å². The molecule has 1 radical (unpaired) electrons. The van der Waals surface area contributed by atoms with Crippen LogP contribution in [0.2, 0.25) is 0 Å². The molecule has 4 nitrogen and oxygen atoms in total. The zero-order chi connectivity index (χ0) is 12.0. The molecule has 0 aromatic carbocycles. The lowest BCUT2D eigenvalue weighted by molar-refractivity contribution is -0.114. The summed E-state index contributed by atoms with van der Waals surface area (Å²) in [6.07, 6.45) is 5.99. The molecular weight excluding hydrogens is 206 g/mol. The van der Waals surface area contributed by atoms with E-state index in [0.29, 0.717) is 24.0 Å². The number of primary amides is 1. The second-order valence-corrected chi connectivity index (χ2v) is 4.15. The molecule has 0 aliphatic heterocycles. The molecule has 4 N–H and O–H groups in total. The van der Waals surface area contributed by atoms with Crippen LogP contribution in [-0.4, -0.2) is 28.8 Å². The predicted octanol–water partition coefficient (Wildman–Crippen LogP) is 0.680. The number of amides is 1. The van der Waals surface area contributed by atoms with Crippen molar-refractivity contribution in [1.82, 2.24) is 0 Å². The number of hydrogen-bond donors (Lipinski definition) is 3. The van der Waals surface area contributed by atoms with Gasteiger partial charge in [0, 0.05) is 18.6 Å². The third-order valence-corrected chi connectivity index (χ3v) is 2.99. The molecule has 0 saturated carbocycles. The van der Waals surface area contributed by atoms with E-state index in [2.05, 4.69) is 0 Å². The molecule has 4 heteroatoms. The second-order valence-electron chi connectivity index (χ2n) is 4.15. The van der Waals surface area contributed by atoms with Gasteiger partial charge in [0.1, 0.15) is 0 Å². The zero-order valence-corrected chi connectivity index (χ0v) is 9.48. The van der Waals surface area contributed by atoms with Crippen LogP contribution in [0.25, 0.3) is 0 Å². The first-order valence-electron chi connectivity index (χ1n) is 5.80. The van der Waals surface area contributed by atoms with E-state index in [0.717, 1.165) is 25.7 Å². The number of carbonyl (C=O) groups excluding carboxylic acids is 1. The Balaban J connectivity index is 2.89. The van der Waals surface area contributed by atoms with Crippen molar-refractivity contribution in [3.63, 3.8) is 0 Å². The van der Waals surface area contributed by atoms with Crippen LogP contribution in [-0.2, 0) is 4.79 Å². The lowest BCUT2D eigenvalue weighted by atomic mass is 9.89. The summed E-state index contributed by atoms with van der Waals surface area (Å²) in [5.41, 5.74) is 6.58. The molecule has 1 rings (SSSR count). The van der Waals surface area contributed by atoms with E-state index in [1.165, 1.54) is 6.42 Å². The van der Waals surface area contributed by atoms with E-state index in [1.54, 1.807) is 0 Å². The minimum Gasteiger partial charge on any atom is -0.396 e. The fraction of sp³-hybridized carbons (Fsp3) is 0.667. The third kappa shape index (κ3) is 3.61. The summed E-state index contributed by atoms with van der Waals surface area (Å²) in [6.45, 7) is -0.198. The Hall–Kier alpha value is -0.870. The van der Waals surface area contributed by atoms with Crippen LogP contribution >= 0.6 is 0 Å². The number of aliphatic hydroxyl groups excluding tert-OH is 2. The summed E-state index contributed by atoms with van der Waals surface area (Å²) in [7, 11) is 0. The van der Waals surface area contributed by atoms with Gasteiger partial charge in [0.2, 0.25) is 5.91 Å². The van der Waals surface area contributed by atoms with Crippen LogP contribution in [0.5, 0.6) is 0 Å². The van der Waals surface area contributed by atoms with Gasteiger partial charge in [-0.05, 0) is 31.3 Å². The molecule has 0 fully saturated rings. The highest BCUT2D eigenvalue weighted by atomic mass is 16.3. The third-order valence-electron chi connectivity index (χ3n) is 2.99. The van der Waals surface area contributed by atoms with E-state index in [9.17, 15) is 9.90 Å². The molecule has 0 heterocycles. The standard InChI is InChI=1S/C12H20NO3/c13-12(16)10-6-4-2-1-3-5-9(10)11(15)7-8-14/h7,11,14-15H,1-6,8H2,(H2,13,16)/b10-9-/t11-/m1/s1. The van der Waals surface area contributed by atoms with Crippen molar-refractivity contribution in [3.8, 4) is 0 Å². The summed E-state index contributed by atoms with van der Waals surface area (Å²) in [5.74, 6) is -0.442. The smallest absolute Gasteiger partial charge is 0.244 e. The number of carbonyl (C=O) groups is 1. The Morgan fingerprint density at radius 1 is 1.31 bits per heavy atom. The van der Waals surface area contributed by atoms with Gasteiger partial charge >= 0.3 is 0 Å². The molecule has 1 atom stereocenters. The molecule has 16 heavy (non-hydrogen) atoms. The molecule has 1 aliphatic rings. The number of hydrogen-bond acceptors (Lipinski definition) is 3. The average molecular weight is 226 g/mol. The largest absolute Gasteiger partial charge is 0.396 e. The van der Waals surface area contributed by atoms with Gasteiger partial charge in [0.05, 0.1) is 6.10 Å². The van der Waals surface area contributed by atoms with E-state index in [1.807, 2.05) is 0 Å². The highest BCUT2D eigenvalue weighted by Crippen LogP contribution is 2.26. The molecule has 91 valence electrons. The van der Waals surface area contributed by atoms with Crippen LogP contribution < -0.4 is 5.73 Å². The molecule has 0 aromatic rings. The van der Waals surface area contributed by atoms with Gasteiger partial charge in [0.15, 0.2) is 0 Å². The first-order chi connectivity index (χ1) is 7.66. The molecular formula is C12H20NO3. The van der Waals surface area contributed by atoms with Crippen molar-refractivity contribution in [2.75, 3.05) is 6.61 Å². The first-order valence-corrected chi connectivity index (χ1v) is 5.80. The first kappa shape index (κ1) is 13.2. The second kappa shape index (κ2) is 6.66. The maximum Gasteiger partial charge on any atom is 0.244 e. The van der Waals surface area contributed by atoms with Crippen molar-refractivity contribution < 1.29 is 15.0 Å². The minimum absolute atomic E-state index is 0.198. The van der Waals surface area contributed by atoms with Gasteiger partial charge in [-0.1, -0.05) is 12.8 Å². The fourth-order valence-electron chi connectivity index (χ4n) is 2.13. The Kier molecular flexibility index (Phi) is 5.49. The Morgan fingerprint density at radius 2 is 1.94 bits per heavy atom. The monoisotopic (exact) mass is 226 g/mol. The maximum absolute atomic E-state index is 11.3. The van der Waals surface area contributed by atoms with E-state index in [4.69, 9.17) is 10.8 Å². The van der Waals surface area contributed by atoms with Crippen molar-refractivity contribution >= 4 is 5.91 Å². The van der Waals surface area contributed by atoms with Crippen LogP contribution in [0.3, 0.4) is 0 Å². The number of rotatable bonds is 4. The van der Waals surface area contributed by atoms with Crippen molar-refractivity contribution in [3.05, 3.63) is 17.6 Å². The summed E-state index contributed by atoms with van der Waals surface area (Å²) in [5, 5.41) is 18.6. The lowest BCUT2D eigenvalue weighted by Gasteiger charge is -2.20. The van der Waals surface area contributed by atoms with Crippen molar-refractivity contribution in [2.45, 2.75) is 44.6 Å². The summed E-state index contributed by atoms with van der Waals surface area (Å²) < 4.78 is 0. The Morgan fingerprint density at radius 3 is 2.50 bits per heavy atom. The summed E-state index contributed by atoms with van der Waals surface area (Å²) in [6, 6.07) is 0. The highest BCUT2D eigenvalue weighted by Gasteiger charge is 2.20. The molecule has 1 amide bonds. The molecule has 0 aromatic heterocycles. The van der Waals surface area contributed by atoms with Gasteiger partial charge in [-0.2, -0.15) is 0 Å². The molecule has 0 spiro atoms. The van der Waals surface area contributed by atoms with Crippen LogP contribution in [0.15, 0.2) is 11.1 Å². The van der Waals surface area contributed by atoms with Gasteiger partial charge in [-0.15, -0.1) is 0 Å². The van der Waals surface area contributed by atoms with E-state index in [-0.39, 0.29) is 6.61 Å². The van der Waals surface area contributed by atoms with E-state index >= 15 is 0 Å². The fourth-order valence-corrected chi connectivity index (χ4v) is 2.13. The SMILES string of the molecule is NC(=O)/C1=C(\[C@H](O)[CH]CO)CCCCCC1. The Bertz CT molecular complexity index is 273. The molecule has 0 bridgehead atoms. The molecule has 0 unspecified atom stereocenters.